The molecular formula is C10H20N3O2S-. The number of nitrogens with zero attached hydrogens (tertiary/aromatic N) is 2. The Bertz CT molecular complexity index is 238. The highest BCUT2D eigenvalue weighted by molar-refractivity contribution is 7.79. The Hall–Kier alpha value is -0.0100. The molecule has 2 rings (SSSR count). The third-order valence-corrected chi connectivity index (χ3v) is 4.10. The molecule has 16 heavy (non-hydrogen) atoms. The molecule has 2 heterocycles. The van der Waals surface area contributed by atoms with Gasteiger partial charge in [0.25, 0.3) is 0 Å². The molecule has 0 amide bonds. The number of hydrogen-bond donors (Lipinski definition) is 1. The minimum atomic E-state index is -1.93. The Balaban J connectivity index is 1.73. The fraction of sp³-hybridized carbons (Fsp3) is 1.00. The van der Waals surface area contributed by atoms with Gasteiger partial charge in [0.05, 0.1) is 5.88 Å². The fourth-order valence-corrected chi connectivity index (χ4v) is 3.13. The normalized spacial score (nSPS) is 28.1. The largest absolute Gasteiger partial charge is 0.771 e. The molecule has 2 fully saturated rings. The lowest BCUT2D eigenvalue weighted by Gasteiger charge is -2.41. The molecule has 0 aromatic heterocycles. The molecule has 2 aliphatic heterocycles. The Labute approximate surface area is 99.5 Å². The van der Waals surface area contributed by atoms with Crippen LogP contribution in [0.3, 0.4) is 0 Å². The van der Waals surface area contributed by atoms with Gasteiger partial charge in [-0.2, -0.15) is 0 Å². The van der Waals surface area contributed by atoms with E-state index in [1.165, 1.54) is 12.8 Å². The summed E-state index contributed by atoms with van der Waals surface area (Å²) in [4.78, 5) is 4.53. The molecule has 2 aliphatic rings. The topological polar surface area (TPSA) is 58.6 Å². The highest BCUT2D eigenvalue weighted by atomic mass is 32.2. The molecule has 1 N–H and O–H groups in total. The van der Waals surface area contributed by atoms with Crippen LogP contribution in [0.5, 0.6) is 0 Å². The van der Waals surface area contributed by atoms with Crippen LogP contribution >= 0.6 is 0 Å². The van der Waals surface area contributed by atoms with Crippen LogP contribution in [0, 0.1) is 0 Å². The lowest BCUT2D eigenvalue weighted by atomic mass is 10.0. The van der Waals surface area contributed by atoms with E-state index in [1.54, 1.807) is 0 Å². The summed E-state index contributed by atoms with van der Waals surface area (Å²) < 4.78 is 21.2. The predicted octanol–water partition coefficient (Wildman–Crippen LogP) is -0.807. The molecule has 2 saturated heterocycles. The number of nitrogens with one attached hydrogen (secondary N) is 1. The van der Waals surface area contributed by atoms with Crippen LogP contribution in [0.1, 0.15) is 12.8 Å². The zero-order valence-corrected chi connectivity index (χ0v) is 10.4. The second kappa shape index (κ2) is 6.07. The maximum atomic E-state index is 10.6. The fourth-order valence-electron chi connectivity index (χ4n) is 2.58. The molecule has 5 nitrogen and oxygen atoms in total. The summed E-state index contributed by atoms with van der Waals surface area (Å²) in [5, 5.41) is 3.37. The molecule has 0 saturated carbocycles. The summed E-state index contributed by atoms with van der Waals surface area (Å²) in [6.45, 7) is 6.05. The van der Waals surface area contributed by atoms with Crippen LogP contribution in [0.4, 0.5) is 0 Å². The van der Waals surface area contributed by atoms with Crippen molar-refractivity contribution >= 4 is 11.1 Å². The highest BCUT2D eigenvalue weighted by Crippen LogP contribution is 2.14. The van der Waals surface area contributed by atoms with E-state index in [2.05, 4.69) is 10.2 Å². The third kappa shape index (κ3) is 3.49. The molecule has 0 aromatic rings. The van der Waals surface area contributed by atoms with Crippen molar-refractivity contribution in [2.45, 2.75) is 18.9 Å². The molecule has 1 atom stereocenters. The van der Waals surface area contributed by atoms with Crippen molar-refractivity contribution in [3.8, 4) is 0 Å². The molecule has 0 spiro atoms. The third-order valence-electron chi connectivity index (χ3n) is 3.52. The van der Waals surface area contributed by atoms with Crippen molar-refractivity contribution in [1.82, 2.24) is 15.1 Å². The van der Waals surface area contributed by atoms with Crippen LogP contribution in [0.15, 0.2) is 0 Å². The molecule has 0 aromatic carbocycles. The van der Waals surface area contributed by atoms with Crippen LogP contribution in [0.25, 0.3) is 0 Å². The van der Waals surface area contributed by atoms with Crippen molar-refractivity contribution in [1.29, 1.82) is 0 Å². The van der Waals surface area contributed by atoms with Gasteiger partial charge in [-0.25, -0.2) is 0 Å². The molecular weight excluding hydrogens is 226 g/mol. The maximum absolute atomic E-state index is 10.6. The monoisotopic (exact) mass is 246 g/mol. The lowest BCUT2D eigenvalue weighted by molar-refractivity contribution is 0.0907. The minimum absolute atomic E-state index is 0.195. The van der Waals surface area contributed by atoms with Gasteiger partial charge in [0.1, 0.15) is 0 Å². The van der Waals surface area contributed by atoms with Crippen LogP contribution in [-0.2, 0) is 11.1 Å². The standard InChI is InChI=1S/C10H21N3O2S/c14-16(15)9-12-5-7-13(8-6-12)10-1-3-11-4-2-10/h10-11H,1-9H2,(H,14,15)/p-1. The van der Waals surface area contributed by atoms with Gasteiger partial charge >= 0.3 is 0 Å². The molecule has 6 heteroatoms. The van der Waals surface area contributed by atoms with E-state index in [0.717, 1.165) is 39.3 Å². The van der Waals surface area contributed by atoms with Crippen molar-refractivity contribution < 1.29 is 8.76 Å². The van der Waals surface area contributed by atoms with E-state index in [9.17, 15) is 8.76 Å². The van der Waals surface area contributed by atoms with Crippen molar-refractivity contribution in [3.05, 3.63) is 0 Å². The van der Waals surface area contributed by atoms with Crippen LogP contribution < -0.4 is 5.32 Å². The average molecular weight is 246 g/mol. The summed E-state index contributed by atoms with van der Waals surface area (Å²) in [5.41, 5.74) is 0. The second-order valence-corrected chi connectivity index (χ2v) is 5.43. The van der Waals surface area contributed by atoms with Crippen LogP contribution in [0.2, 0.25) is 0 Å². The number of piperazine rings is 1. The zero-order chi connectivity index (χ0) is 11.4. The second-order valence-electron chi connectivity index (χ2n) is 4.57. The van der Waals surface area contributed by atoms with E-state index in [0.29, 0.717) is 6.04 Å². The quantitative estimate of drug-likeness (QED) is 0.660. The summed E-state index contributed by atoms with van der Waals surface area (Å²) in [6.07, 6.45) is 2.46. The number of hydrogen-bond acceptors (Lipinski definition) is 5. The van der Waals surface area contributed by atoms with E-state index in [1.807, 2.05) is 4.90 Å². The van der Waals surface area contributed by atoms with Crippen molar-refractivity contribution in [3.63, 3.8) is 0 Å². The first-order valence-electron chi connectivity index (χ1n) is 5.98. The average Bonchev–Trinajstić information content (AvgIpc) is 2.30. The van der Waals surface area contributed by atoms with Crippen molar-refractivity contribution in [2.24, 2.45) is 0 Å². The summed E-state index contributed by atoms with van der Waals surface area (Å²) in [6, 6.07) is 0.709. The molecule has 0 radical (unpaired) electrons. The van der Waals surface area contributed by atoms with E-state index >= 15 is 0 Å². The van der Waals surface area contributed by atoms with Crippen LogP contribution in [-0.4, -0.2) is 69.7 Å². The number of rotatable bonds is 3. The Kier molecular flexibility index (Phi) is 4.72. The molecule has 94 valence electrons. The molecule has 0 bridgehead atoms. The van der Waals surface area contributed by atoms with Gasteiger partial charge in [-0.3, -0.25) is 14.0 Å². The predicted molar refractivity (Wildman–Crippen MR) is 62.8 cm³/mol. The van der Waals surface area contributed by atoms with Gasteiger partial charge in [0.2, 0.25) is 0 Å². The highest BCUT2D eigenvalue weighted by Gasteiger charge is 2.24. The van der Waals surface area contributed by atoms with Gasteiger partial charge in [-0.15, -0.1) is 0 Å². The summed E-state index contributed by atoms with van der Waals surface area (Å²) in [7, 11) is 0. The minimum Gasteiger partial charge on any atom is -0.771 e. The van der Waals surface area contributed by atoms with Gasteiger partial charge in [0.15, 0.2) is 0 Å². The first kappa shape index (κ1) is 12.4. The smallest absolute Gasteiger partial charge is 0.0614 e. The van der Waals surface area contributed by atoms with E-state index in [4.69, 9.17) is 0 Å². The summed E-state index contributed by atoms with van der Waals surface area (Å²) >= 11 is -1.93. The Morgan fingerprint density at radius 2 is 1.81 bits per heavy atom. The first-order valence-corrected chi connectivity index (χ1v) is 7.23. The molecule has 0 aliphatic carbocycles. The van der Waals surface area contributed by atoms with E-state index in [-0.39, 0.29) is 5.88 Å². The van der Waals surface area contributed by atoms with E-state index < -0.39 is 11.1 Å². The zero-order valence-electron chi connectivity index (χ0n) is 9.56. The van der Waals surface area contributed by atoms with Gasteiger partial charge in [0, 0.05) is 32.2 Å². The van der Waals surface area contributed by atoms with Gasteiger partial charge in [-0.05, 0) is 37.0 Å². The number of piperidine rings is 1. The SMILES string of the molecule is O=S([O-])CN1CCN(C2CCNCC2)CC1. The Morgan fingerprint density at radius 3 is 2.38 bits per heavy atom. The first-order chi connectivity index (χ1) is 7.75. The van der Waals surface area contributed by atoms with Gasteiger partial charge in [-0.1, -0.05) is 0 Å². The maximum Gasteiger partial charge on any atom is 0.0614 e. The summed E-state index contributed by atoms with van der Waals surface area (Å²) in [5.74, 6) is 0.195. The van der Waals surface area contributed by atoms with Crippen molar-refractivity contribution in [2.75, 3.05) is 45.1 Å². The lowest BCUT2D eigenvalue weighted by Crippen LogP contribution is -2.53. The molecule has 1 unspecified atom stereocenters. The Morgan fingerprint density at radius 1 is 1.19 bits per heavy atom. The van der Waals surface area contributed by atoms with Gasteiger partial charge < -0.3 is 9.87 Å².